The van der Waals surface area contributed by atoms with E-state index < -0.39 is 0 Å². The number of hydrogen-bond acceptors (Lipinski definition) is 4. The second-order valence-electron chi connectivity index (χ2n) is 6.05. The van der Waals surface area contributed by atoms with Gasteiger partial charge in [-0.25, -0.2) is 4.68 Å². The van der Waals surface area contributed by atoms with Gasteiger partial charge in [-0.15, -0.1) is 0 Å². The van der Waals surface area contributed by atoms with Gasteiger partial charge in [-0.2, -0.15) is 10.4 Å². The summed E-state index contributed by atoms with van der Waals surface area (Å²) in [4.78, 5) is 11.9. The highest BCUT2D eigenvalue weighted by Gasteiger charge is 2.16. The number of aromatic nitrogens is 2. The first-order valence-electron chi connectivity index (χ1n) is 7.28. The highest BCUT2D eigenvalue weighted by molar-refractivity contribution is 5.48. The number of aryl methyl sites for hydroxylation is 2. The molecule has 1 aromatic heterocycles. The van der Waals surface area contributed by atoms with Gasteiger partial charge < -0.3 is 5.32 Å². The molecule has 0 spiro atoms. The number of nitrogens with zero attached hydrogens (tertiary/aromatic N) is 3. The van der Waals surface area contributed by atoms with Gasteiger partial charge in [0.05, 0.1) is 22.9 Å². The van der Waals surface area contributed by atoms with Crippen molar-refractivity contribution in [3.8, 4) is 6.07 Å². The van der Waals surface area contributed by atoms with E-state index in [0.29, 0.717) is 6.54 Å². The van der Waals surface area contributed by atoms with Crippen molar-refractivity contribution >= 4 is 5.69 Å². The molecule has 1 aliphatic heterocycles. The third-order valence-corrected chi connectivity index (χ3v) is 3.70. The van der Waals surface area contributed by atoms with E-state index in [9.17, 15) is 4.79 Å². The largest absolute Gasteiger partial charge is 0.383 e. The Kier molecular flexibility index (Phi) is 4.43. The molecule has 5 nitrogen and oxygen atoms in total. The van der Waals surface area contributed by atoms with Gasteiger partial charge >= 0.3 is 0 Å². The molecular formula is C15H22N4O. The lowest BCUT2D eigenvalue weighted by Crippen LogP contribution is -2.27. The Morgan fingerprint density at radius 3 is 3.05 bits per heavy atom. The molecule has 0 fully saturated rings. The van der Waals surface area contributed by atoms with Crippen LogP contribution in [0.5, 0.6) is 0 Å². The fraction of sp³-hybridized carbons (Fsp3) is 0.667. The minimum Gasteiger partial charge on any atom is -0.383 e. The summed E-state index contributed by atoms with van der Waals surface area (Å²) in [6.07, 6.45) is 4.66. The van der Waals surface area contributed by atoms with E-state index in [-0.39, 0.29) is 11.0 Å². The van der Waals surface area contributed by atoms with Gasteiger partial charge in [0, 0.05) is 19.2 Å². The van der Waals surface area contributed by atoms with Crippen molar-refractivity contribution in [1.82, 2.24) is 9.78 Å². The van der Waals surface area contributed by atoms with Crippen LogP contribution in [0.4, 0.5) is 5.69 Å². The zero-order chi connectivity index (χ0) is 14.6. The maximum Gasteiger partial charge on any atom is 0.268 e. The molecule has 0 saturated heterocycles. The molecule has 1 aliphatic rings. The molecule has 1 aromatic rings. The van der Waals surface area contributed by atoms with Gasteiger partial charge in [0.25, 0.3) is 5.56 Å². The summed E-state index contributed by atoms with van der Waals surface area (Å²) in [6.45, 7) is 5.44. The maximum atomic E-state index is 11.9. The molecule has 108 valence electrons. The fourth-order valence-electron chi connectivity index (χ4n) is 2.39. The molecule has 1 N–H and O–H groups in total. The number of rotatable bonds is 5. The van der Waals surface area contributed by atoms with E-state index in [1.54, 1.807) is 10.7 Å². The second-order valence-corrected chi connectivity index (χ2v) is 6.05. The molecule has 0 bridgehead atoms. The molecule has 0 unspecified atom stereocenters. The predicted octanol–water partition coefficient (Wildman–Crippen LogP) is 2.32. The molecular weight excluding hydrogens is 252 g/mol. The summed E-state index contributed by atoms with van der Waals surface area (Å²) in [5.74, 6) is 0. The summed E-state index contributed by atoms with van der Waals surface area (Å²) >= 11 is 0. The standard InChI is InChI=1S/C15H22N4O/c1-15(2,11-16)7-3-4-9-19-14(20)10-13-12(18-19)6-5-8-17-13/h10,17H,3-9H2,1-2H3. The number of fused-ring (bicyclic) bond motifs is 1. The highest BCUT2D eigenvalue weighted by Crippen LogP contribution is 2.22. The van der Waals surface area contributed by atoms with Crippen LogP contribution in [0.25, 0.3) is 0 Å². The monoisotopic (exact) mass is 274 g/mol. The molecule has 0 atom stereocenters. The van der Waals surface area contributed by atoms with Crippen molar-refractivity contribution in [3.63, 3.8) is 0 Å². The minimum absolute atomic E-state index is 0.0438. The highest BCUT2D eigenvalue weighted by atomic mass is 16.1. The van der Waals surface area contributed by atoms with E-state index in [0.717, 1.165) is 50.0 Å². The van der Waals surface area contributed by atoms with Crippen molar-refractivity contribution in [2.75, 3.05) is 11.9 Å². The smallest absolute Gasteiger partial charge is 0.268 e. The Labute approximate surface area is 119 Å². The van der Waals surface area contributed by atoms with Crippen LogP contribution in [-0.4, -0.2) is 16.3 Å². The van der Waals surface area contributed by atoms with Gasteiger partial charge in [-0.3, -0.25) is 4.79 Å². The van der Waals surface area contributed by atoms with Crippen LogP contribution in [0.1, 0.15) is 45.2 Å². The van der Waals surface area contributed by atoms with Crippen molar-refractivity contribution in [2.45, 2.75) is 52.5 Å². The van der Waals surface area contributed by atoms with E-state index in [1.165, 1.54) is 0 Å². The quantitative estimate of drug-likeness (QED) is 0.836. The molecule has 0 aliphatic carbocycles. The lowest BCUT2D eigenvalue weighted by atomic mass is 9.89. The first-order chi connectivity index (χ1) is 9.52. The third kappa shape index (κ3) is 3.60. The number of hydrogen-bond donors (Lipinski definition) is 1. The first-order valence-corrected chi connectivity index (χ1v) is 7.28. The van der Waals surface area contributed by atoms with Crippen LogP contribution >= 0.6 is 0 Å². The number of nitriles is 1. The normalized spacial score (nSPS) is 14.2. The summed E-state index contributed by atoms with van der Waals surface area (Å²) in [7, 11) is 0. The van der Waals surface area contributed by atoms with E-state index in [2.05, 4.69) is 16.5 Å². The number of anilines is 1. The Balaban J connectivity index is 1.94. The van der Waals surface area contributed by atoms with Crippen LogP contribution in [0.2, 0.25) is 0 Å². The number of nitrogens with one attached hydrogen (secondary N) is 1. The molecule has 0 saturated carbocycles. The van der Waals surface area contributed by atoms with Crippen molar-refractivity contribution in [2.24, 2.45) is 5.41 Å². The minimum atomic E-state index is -0.280. The predicted molar refractivity (Wildman–Crippen MR) is 78.6 cm³/mol. The van der Waals surface area contributed by atoms with Crippen molar-refractivity contribution < 1.29 is 0 Å². The van der Waals surface area contributed by atoms with Gasteiger partial charge in [0.1, 0.15) is 0 Å². The van der Waals surface area contributed by atoms with Gasteiger partial charge in [0.2, 0.25) is 0 Å². The Morgan fingerprint density at radius 1 is 1.50 bits per heavy atom. The zero-order valence-electron chi connectivity index (χ0n) is 12.3. The van der Waals surface area contributed by atoms with Gasteiger partial charge in [-0.1, -0.05) is 6.42 Å². The van der Waals surface area contributed by atoms with Crippen molar-refractivity contribution in [3.05, 3.63) is 22.1 Å². The summed E-state index contributed by atoms with van der Waals surface area (Å²) in [5.41, 5.74) is 1.56. The zero-order valence-corrected chi connectivity index (χ0v) is 12.3. The first kappa shape index (κ1) is 14.6. The molecule has 0 amide bonds. The molecule has 2 heterocycles. The lowest BCUT2D eigenvalue weighted by Gasteiger charge is -2.18. The third-order valence-electron chi connectivity index (χ3n) is 3.70. The van der Waals surface area contributed by atoms with E-state index >= 15 is 0 Å². The Bertz CT molecular complexity index is 568. The maximum absolute atomic E-state index is 11.9. The topological polar surface area (TPSA) is 70.7 Å². The van der Waals surface area contributed by atoms with Crippen molar-refractivity contribution in [1.29, 1.82) is 5.26 Å². The molecule has 2 rings (SSSR count). The van der Waals surface area contributed by atoms with Crippen LogP contribution in [0.15, 0.2) is 10.9 Å². The summed E-state index contributed by atoms with van der Waals surface area (Å²) < 4.78 is 1.56. The SMILES string of the molecule is CC(C)(C#N)CCCCn1nc2c(cc1=O)NCCC2. The average molecular weight is 274 g/mol. The molecule has 20 heavy (non-hydrogen) atoms. The van der Waals surface area contributed by atoms with Crippen LogP contribution in [0, 0.1) is 16.7 Å². The number of unbranched alkanes of at least 4 members (excludes halogenated alkanes) is 1. The van der Waals surface area contributed by atoms with E-state index in [4.69, 9.17) is 5.26 Å². The van der Waals surface area contributed by atoms with Gasteiger partial charge in [0.15, 0.2) is 0 Å². The molecule has 0 aromatic carbocycles. The lowest BCUT2D eigenvalue weighted by molar-refractivity contribution is 0.407. The van der Waals surface area contributed by atoms with Crippen LogP contribution in [0.3, 0.4) is 0 Å². The Morgan fingerprint density at radius 2 is 2.30 bits per heavy atom. The molecule has 0 radical (unpaired) electrons. The summed E-state index contributed by atoms with van der Waals surface area (Å²) in [5, 5.41) is 16.6. The second kappa shape index (κ2) is 6.08. The van der Waals surface area contributed by atoms with Crippen LogP contribution < -0.4 is 10.9 Å². The van der Waals surface area contributed by atoms with E-state index in [1.807, 2.05) is 13.8 Å². The average Bonchev–Trinajstić information content (AvgIpc) is 2.44. The van der Waals surface area contributed by atoms with Gasteiger partial charge in [-0.05, 0) is 39.5 Å². The summed E-state index contributed by atoms with van der Waals surface area (Å²) in [6, 6.07) is 3.95. The fourth-order valence-corrected chi connectivity index (χ4v) is 2.39. The van der Waals surface area contributed by atoms with Crippen LogP contribution in [-0.2, 0) is 13.0 Å². The Hall–Kier alpha value is -1.83. The molecule has 5 heteroatoms.